The van der Waals surface area contributed by atoms with Gasteiger partial charge in [0.05, 0.1) is 5.41 Å². The molecule has 5 aromatic carbocycles. The summed E-state index contributed by atoms with van der Waals surface area (Å²) in [6.45, 7) is 4.77. The number of carbonyl (C=O) groups excluding carboxylic acids is 3. The molecule has 0 radical (unpaired) electrons. The van der Waals surface area contributed by atoms with E-state index in [1.807, 2.05) is 24.3 Å². The maximum atomic E-state index is 11.7. The highest BCUT2D eigenvalue weighted by molar-refractivity contribution is 8.13. The van der Waals surface area contributed by atoms with Gasteiger partial charge in [-0.3, -0.25) is 14.4 Å². The Labute approximate surface area is 290 Å². The summed E-state index contributed by atoms with van der Waals surface area (Å²) in [6.07, 6.45) is 0. The molecule has 47 heavy (non-hydrogen) atoms. The van der Waals surface area contributed by atoms with Gasteiger partial charge in [-0.1, -0.05) is 144 Å². The predicted octanol–water partition coefficient (Wildman–Crippen LogP) is 9.66. The van der Waals surface area contributed by atoms with E-state index >= 15 is 0 Å². The normalized spacial score (nSPS) is 11.3. The average Bonchev–Trinajstić information content (AvgIpc) is 3.08. The number of carbonyl (C=O) groups is 3. The van der Waals surface area contributed by atoms with Crippen molar-refractivity contribution in [1.82, 2.24) is 0 Å². The summed E-state index contributed by atoms with van der Waals surface area (Å²) in [6, 6.07) is 42.0. The van der Waals surface area contributed by atoms with E-state index in [1.54, 1.807) is 20.8 Å². The van der Waals surface area contributed by atoms with Crippen LogP contribution in [0.5, 0.6) is 0 Å². The molecular formula is C40H37NO3S3. The van der Waals surface area contributed by atoms with Crippen LogP contribution < -0.4 is 5.73 Å². The summed E-state index contributed by atoms with van der Waals surface area (Å²) >= 11 is 3.89. The van der Waals surface area contributed by atoms with Crippen LogP contribution in [0.3, 0.4) is 0 Å². The van der Waals surface area contributed by atoms with Gasteiger partial charge in [0.2, 0.25) is 0 Å². The van der Waals surface area contributed by atoms with E-state index in [1.165, 1.54) is 35.3 Å². The van der Waals surface area contributed by atoms with Crippen LogP contribution in [0.4, 0.5) is 5.69 Å². The van der Waals surface area contributed by atoms with Crippen molar-refractivity contribution >= 4 is 56.3 Å². The molecule has 5 rings (SSSR count). The molecule has 0 spiro atoms. The molecule has 2 N–H and O–H groups in total. The molecule has 0 fully saturated rings. The van der Waals surface area contributed by atoms with Gasteiger partial charge in [0.15, 0.2) is 15.3 Å². The SMILES string of the molecule is CC(=O)SCc1ccc(C(c2ccc(CSC(C)=O)cc2)(c2ccc(CSC(C)=O)cc2)c2cc(N)ccc2-c2ccccc2)cc1. The minimum Gasteiger partial charge on any atom is -0.399 e. The van der Waals surface area contributed by atoms with Crippen molar-refractivity contribution in [3.05, 3.63) is 160 Å². The summed E-state index contributed by atoms with van der Waals surface area (Å²) < 4.78 is 0. The third-order valence-corrected chi connectivity index (χ3v) is 10.7. The van der Waals surface area contributed by atoms with Crippen LogP contribution in [0.2, 0.25) is 0 Å². The Bertz CT molecular complexity index is 1700. The number of hydrogen-bond donors (Lipinski definition) is 1. The van der Waals surface area contributed by atoms with Crippen molar-refractivity contribution in [2.24, 2.45) is 0 Å². The van der Waals surface area contributed by atoms with Crippen LogP contribution in [0.15, 0.2) is 121 Å². The molecule has 0 atom stereocenters. The predicted molar refractivity (Wildman–Crippen MR) is 201 cm³/mol. The molecule has 0 heterocycles. The molecule has 4 nitrogen and oxygen atoms in total. The summed E-state index contributed by atoms with van der Waals surface area (Å²) in [5, 5.41) is 0.255. The number of anilines is 1. The van der Waals surface area contributed by atoms with Gasteiger partial charge in [-0.25, -0.2) is 0 Å². The fourth-order valence-corrected chi connectivity index (χ4v) is 7.50. The molecule has 7 heteroatoms. The van der Waals surface area contributed by atoms with Gasteiger partial charge >= 0.3 is 0 Å². The number of nitrogen functional groups attached to an aromatic ring is 1. The zero-order valence-corrected chi connectivity index (χ0v) is 29.1. The first kappa shape index (κ1) is 34.3. The summed E-state index contributed by atoms with van der Waals surface area (Å²) in [5.41, 5.74) is 16.0. The lowest BCUT2D eigenvalue weighted by atomic mass is 9.63. The first-order valence-electron chi connectivity index (χ1n) is 15.3. The fourth-order valence-electron chi connectivity index (χ4n) is 5.82. The van der Waals surface area contributed by atoms with Crippen LogP contribution in [0.1, 0.15) is 59.7 Å². The van der Waals surface area contributed by atoms with Crippen LogP contribution >= 0.6 is 35.3 Å². The molecule has 0 aliphatic heterocycles. The lowest BCUT2D eigenvalue weighted by molar-refractivity contribution is -0.109. The summed E-state index contributed by atoms with van der Waals surface area (Å²) in [7, 11) is 0. The van der Waals surface area contributed by atoms with Crippen LogP contribution in [-0.2, 0) is 37.1 Å². The molecule has 0 amide bonds. The van der Waals surface area contributed by atoms with E-state index < -0.39 is 5.41 Å². The van der Waals surface area contributed by atoms with Gasteiger partial charge < -0.3 is 5.73 Å². The molecule has 0 bridgehead atoms. The molecule has 0 saturated heterocycles. The van der Waals surface area contributed by atoms with Crippen molar-refractivity contribution < 1.29 is 14.4 Å². The Balaban J connectivity index is 1.81. The topological polar surface area (TPSA) is 77.2 Å². The Morgan fingerprint density at radius 3 is 1.28 bits per heavy atom. The molecule has 5 aromatic rings. The maximum Gasteiger partial charge on any atom is 0.186 e. The average molecular weight is 676 g/mol. The molecule has 0 aliphatic rings. The molecule has 0 unspecified atom stereocenters. The number of nitrogens with two attached hydrogens (primary N) is 1. The largest absolute Gasteiger partial charge is 0.399 e. The molecular weight excluding hydrogens is 639 g/mol. The van der Waals surface area contributed by atoms with Crippen molar-refractivity contribution in [2.45, 2.75) is 43.4 Å². The van der Waals surface area contributed by atoms with E-state index in [0.29, 0.717) is 22.9 Å². The van der Waals surface area contributed by atoms with Gasteiger partial charge in [-0.15, -0.1) is 0 Å². The zero-order valence-electron chi connectivity index (χ0n) is 26.7. The molecule has 238 valence electrons. The highest BCUT2D eigenvalue weighted by atomic mass is 32.2. The second-order valence-electron chi connectivity index (χ2n) is 11.4. The van der Waals surface area contributed by atoms with E-state index in [4.69, 9.17) is 5.73 Å². The Morgan fingerprint density at radius 1 is 0.532 bits per heavy atom. The van der Waals surface area contributed by atoms with Crippen molar-refractivity contribution in [2.75, 3.05) is 5.73 Å². The third-order valence-electron chi connectivity index (χ3n) is 8.02. The lowest BCUT2D eigenvalue weighted by Crippen LogP contribution is -2.32. The second kappa shape index (κ2) is 15.7. The number of rotatable bonds is 11. The third kappa shape index (κ3) is 8.28. The van der Waals surface area contributed by atoms with Crippen molar-refractivity contribution in [1.29, 1.82) is 0 Å². The first-order chi connectivity index (χ1) is 22.7. The minimum atomic E-state index is -0.800. The van der Waals surface area contributed by atoms with E-state index in [-0.39, 0.29) is 15.3 Å². The van der Waals surface area contributed by atoms with Crippen molar-refractivity contribution in [3.8, 4) is 11.1 Å². The van der Waals surface area contributed by atoms with Gasteiger partial charge in [-0.2, -0.15) is 0 Å². The number of thioether (sulfide) groups is 3. The fraction of sp³-hybridized carbons (Fsp3) is 0.175. The van der Waals surface area contributed by atoms with Gasteiger partial charge in [0.25, 0.3) is 0 Å². The van der Waals surface area contributed by atoms with Gasteiger partial charge in [0.1, 0.15) is 0 Å². The highest BCUT2D eigenvalue weighted by Crippen LogP contribution is 2.49. The quantitative estimate of drug-likeness (QED) is 0.110. The summed E-state index contributed by atoms with van der Waals surface area (Å²) in [4.78, 5) is 35.2. The zero-order chi connectivity index (χ0) is 33.4. The smallest absolute Gasteiger partial charge is 0.186 e. The monoisotopic (exact) mass is 675 g/mol. The van der Waals surface area contributed by atoms with Crippen LogP contribution in [0.25, 0.3) is 11.1 Å². The second-order valence-corrected chi connectivity index (χ2v) is 14.8. The first-order valence-corrected chi connectivity index (χ1v) is 18.3. The Kier molecular flexibility index (Phi) is 11.5. The van der Waals surface area contributed by atoms with E-state index in [2.05, 4.69) is 97.1 Å². The molecule has 0 aromatic heterocycles. The summed E-state index contributed by atoms with van der Waals surface area (Å²) in [5.74, 6) is 1.80. The minimum absolute atomic E-state index is 0.0849. The Hall–Kier alpha value is -4.04. The highest BCUT2D eigenvalue weighted by Gasteiger charge is 2.40. The molecule has 0 aliphatic carbocycles. The number of benzene rings is 5. The Morgan fingerprint density at radius 2 is 0.915 bits per heavy atom. The maximum absolute atomic E-state index is 11.7. The van der Waals surface area contributed by atoms with Crippen LogP contribution in [0, 0.1) is 0 Å². The van der Waals surface area contributed by atoms with Crippen LogP contribution in [-0.4, -0.2) is 15.3 Å². The van der Waals surface area contributed by atoms with E-state index in [9.17, 15) is 14.4 Å². The van der Waals surface area contributed by atoms with Gasteiger partial charge in [-0.05, 0) is 62.2 Å². The standard InChI is InChI=1S/C40H37NO3S3/c1-27(42)45-24-30-9-15-34(16-10-30)40(35-17-11-31(12-18-35)25-46-28(2)43,36-19-13-32(14-20-36)26-47-29(3)44)39-23-37(41)21-22-38(39)33-7-5-4-6-8-33/h4-23H,24-26,41H2,1-3H3. The lowest BCUT2D eigenvalue weighted by Gasteiger charge is -2.39. The molecule has 0 saturated carbocycles. The number of hydrogen-bond acceptors (Lipinski definition) is 7. The van der Waals surface area contributed by atoms with Gasteiger partial charge in [0, 0.05) is 43.7 Å². The van der Waals surface area contributed by atoms with E-state index in [0.717, 1.165) is 50.1 Å². The van der Waals surface area contributed by atoms with Crippen molar-refractivity contribution in [3.63, 3.8) is 0 Å².